The summed E-state index contributed by atoms with van der Waals surface area (Å²) in [7, 11) is 0. The van der Waals surface area contributed by atoms with Crippen molar-refractivity contribution < 1.29 is 23.7 Å². The molecule has 1 aliphatic rings. The average molecular weight is 485 g/mol. The monoisotopic (exact) mass is 484 g/mol. The van der Waals surface area contributed by atoms with Crippen LogP contribution in [-0.2, 0) is 4.79 Å². The molecule has 0 spiro atoms. The first-order valence-electron chi connectivity index (χ1n) is 11.8. The third kappa shape index (κ3) is 5.61. The normalized spacial score (nSPS) is 14.3. The van der Waals surface area contributed by atoms with E-state index in [9.17, 15) is 10.1 Å². The van der Waals surface area contributed by atoms with Crippen LogP contribution in [0.1, 0.15) is 42.4 Å². The summed E-state index contributed by atoms with van der Waals surface area (Å²) in [5, 5.41) is 9.88. The van der Waals surface area contributed by atoms with Crippen LogP contribution in [0.25, 0.3) is 0 Å². The third-order valence-electron chi connectivity index (χ3n) is 5.75. The van der Waals surface area contributed by atoms with Gasteiger partial charge in [-0.05, 0) is 43.2 Å². The molecule has 0 saturated heterocycles. The molecule has 0 amide bonds. The number of nitrogens with zero attached hydrogens (tertiary/aromatic N) is 1. The maximum absolute atomic E-state index is 12.4. The SMILES string of the molecule is CCCCOc1ccccc1C1C(C#N)=C(N)Oc2cc(OC(=O)COc3cccc(C)c3)ccc21. The minimum absolute atomic E-state index is 0.00428. The quantitative estimate of drug-likeness (QED) is 0.247. The fraction of sp³-hybridized carbons (Fsp3) is 0.241. The molecule has 0 aromatic heterocycles. The highest BCUT2D eigenvalue weighted by Gasteiger charge is 2.33. The van der Waals surface area contributed by atoms with Gasteiger partial charge in [0.05, 0.1) is 12.5 Å². The molecule has 0 aliphatic carbocycles. The maximum atomic E-state index is 12.4. The number of esters is 1. The number of rotatable bonds is 9. The number of hydrogen-bond acceptors (Lipinski definition) is 7. The van der Waals surface area contributed by atoms with E-state index in [2.05, 4.69) is 13.0 Å². The summed E-state index contributed by atoms with van der Waals surface area (Å²) in [6.45, 7) is 4.37. The van der Waals surface area contributed by atoms with Gasteiger partial charge in [-0.25, -0.2) is 4.79 Å². The van der Waals surface area contributed by atoms with Crippen molar-refractivity contribution in [3.8, 4) is 29.1 Å². The number of para-hydroxylation sites is 1. The number of nitrogens with two attached hydrogens (primary N) is 1. The van der Waals surface area contributed by atoms with Crippen molar-refractivity contribution in [1.29, 1.82) is 5.26 Å². The number of aryl methyl sites for hydroxylation is 1. The number of hydrogen-bond donors (Lipinski definition) is 1. The summed E-state index contributed by atoms with van der Waals surface area (Å²) < 4.78 is 22.8. The zero-order chi connectivity index (χ0) is 25.5. The molecule has 2 N–H and O–H groups in total. The molecule has 36 heavy (non-hydrogen) atoms. The van der Waals surface area contributed by atoms with Crippen LogP contribution in [0.3, 0.4) is 0 Å². The molecule has 184 valence electrons. The Labute approximate surface area is 210 Å². The topological polar surface area (TPSA) is 104 Å². The number of ether oxygens (including phenoxy) is 4. The second kappa shape index (κ2) is 11.3. The number of nitriles is 1. The molecule has 4 rings (SSSR count). The van der Waals surface area contributed by atoms with Gasteiger partial charge in [-0.1, -0.05) is 49.7 Å². The van der Waals surface area contributed by atoms with Crippen molar-refractivity contribution in [2.75, 3.05) is 13.2 Å². The van der Waals surface area contributed by atoms with Crippen LogP contribution in [0.15, 0.2) is 78.2 Å². The van der Waals surface area contributed by atoms with Gasteiger partial charge >= 0.3 is 5.97 Å². The summed E-state index contributed by atoms with van der Waals surface area (Å²) in [5.74, 6) is 0.935. The minimum atomic E-state index is -0.556. The molecule has 1 unspecified atom stereocenters. The largest absolute Gasteiger partial charge is 0.493 e. The highest BCUT2D eigenvalue weighted by Crippen LogP contribution is 2.45. The number of carbonyl (C=O) groups excluding carboxylic acids is 1. The highest BCUT2D eigenvalue weighted by atomic mass is 16.6. The fourth-order valence-electron chi connectivity index (χ4n) is 4.00. The molecule has 0 bridgehead atoms. The molecule has 1 atom stereocenters. The van der Waals surface area contributed by atoms with E-state index in [1.807, 2.05) is 49.4 Å². The molecule has 7 heteroatoms. The number of carbonyl (C=O) groups is 1. The Hall–Kier alpha value is -4.44. The molecule has 0 fully saturated rings. The van der Waals surface area contributed by atoms with Gasteiger partial charge in [-0.3, -0.25) is 0 Å². The van der Waals surface area contributed by atoms with Gasteiger partial charge in [0.1, 0.15) is 34.6 Å². The Bertz CT molecular complexity index is 1330. The Morgan fingerprint density at radius 3 is 2.64 bits per heavy atom. The van der Waals surface area contributed by atoms with Gasteiger partial charge in [0.15, 0.2) is 6.61 Å². The first-order valence-corrected chi connectivity index (χ1v) is 11.8. The van der Waals surface area contributed by atoms with Gasteiger partial charge in [0.2, 0.25) is 5.88 Å². The maximum Gasteiger partial charge on any atom is 0.349 e. The Kier molecular flexibility index (Phi) is 7.76. The lowest BCUT2D eigenvalue weighted by molar-refractivity contribution is -0.136. The van der Waals surface area contributed by atoms with Crippen LogP contribution < -0.4 is 24.7 Å². The van der Waals surface area contributed by atoms with Crippen LogP contribution in [0.4, 0.5) is 0 Å². The number of benzene rings is 3. The Morgan fingerprint density at radius 1 is 1.03 bits per heavy atom. The molecule has 3 aromatic carbocycles. The average Bonchev–Trinajstić information content (AvgIpc) is 2.87. The van der Waals surface area contributed by atoms with E-state index in [-0.39, 0.29) is 18.2 Å². The zero-order valence-electron chi connectivity index (χ0n) is 20.3. The fourth-order valence-corrected chi connectivity index (χ4v) is 4.00. The summed E-state index contributed by atoms with van der Waals surface area (Å²) in [6.07, 6.45) is 1.93. The zero-order valence-corrected chi connectivity index (χ0v) is 20.3. The van der Waals surface area contributed by atoms with Crippen molar-refractivity contribution in [2.45, 2.75) is 32.6 Å². The summed E-state index contributed by atoms with van der Waals surface area (Å²) in [4.78, 5) is 12.4. The predicted octanol–water partition coefficient (Wildman–Crippen LogP) is 5.38. The van der Waals surface area contributed by atoms with Crippen molar-refractivity contribution in [3.63, 3.8) is 0 Å². The van der Waals surface area contributed by atoms with E-state index in [0.29, 0.717) is 29.4 Å². The summed E-state index contributed by atoms with van der Waals surface area (Å²) in [5.41, 5.74) is 9.01. The summed E-state index contributed by atoms with van der Waals surface area (Å²) >= 11 is 0. The molecule has 3 aromatic rings. The third-order valence-corrected chi connectivity index (χ3v) is 5.75. The Balaban J connectivity index is 1.57. The van der Waals surface area contributed by atoms with E-state index in [0.717, 1.165) is 29.5 Å². The van der Waals surface area contributed by atoms with Crippen molar-refractivity contribution in [2.24, 2.45) is 5.73 Å². The summed E-state index contributed by atoms with van der Waals surface area (Å²) in [6, 6.07) is 22.2. The highest BCUT2D eigenvalue weighted by molar-refractivity contribution is 5.74. The van der Waals surface area contributed by atoms with Crippen molar-refractivity contribution >= 4 is 5.97 Å². The second-order valence-corrected chi connectivity index (χ2v) is 8.44. The molecule has 7 nitrogen and oxygen atoms in total. The van der Waals surface area contributed by atoms with Gasteiger partial charge in [0, 0.05) is 17.2 Å². The standard InChI is InChI=1S/C29H28N2O5/c1-3-4-14-33-25-11-6-5-10-22(25)28-23-13-12-21(16-26(23)36-29(31)24(28)17-30)35-27(32)18-34-20-9-7-8-19(2)15-20/h5-13,15-16,28H,3-4,14,18,31H2,1-2H3. The molecule has 1 aliphatic heterocycles. The van der Waals surface area contributed by atoms with Gasteiger partial charge in [-0.2, -0.15) is 5.26 Å². The van der Waals surface area contributed by atoms with Crippen LogP contribution in [0.5, 0.6) is 23.0 Å². The van der Waals surface area contributed by atoms with Crippen LogP contribution in [0, 0.1) is 18.3 Å². The predicted molar refractivity (Wildman–Crippen MR) is 135 cm³/mol. The lowest BCUT2D eigenvalue weighted by Gasteiger charge is -2.28. The first-order chi connectivity index (χ1) is 17.5. The van der Waals surface area contributed by atoms with Gasteiger partial charge in [-0.15, -0.1) is 0 Å². The molecular formula is C29H28N2O5. The molecule has 0 radical (unpaired) electrons. The van der Waals surface area contributed by atoms with Crippen LogP contribution in [-0.4, -0.2) is 19.2 Å². The van der Waals surface area contributed by atoms with E-state index in [4.69, 9.17) is 24.7 Å². The number of allylic oxidation sites excluding steroid dienone is 1. The van der Waals surface area contributed by atoms with Gasteiger partial charge < -0.3 is 24.7 Å². The van der Waals surface area contributed by atoms with Crippen molar-refractivity contribution in [3.05, 3.63) is 94.9 Å². The lowest BCUT2D eigenvalue weighted by atomic mass is 9.83. The first kappa shape index (κ1) is 24.7. The van der Waals surface area contributed by atoms with Crippen LogP contribution in [0.2, 0.25) is 0 Å². The van der Waals surface area contributed by atoms with Crippen molar-refractivity contribution in [1.82, 2.24) is 0 Å². The van der Waals surface area contributed by atoms with E-state index >= 15 is 0 Å². The molecule has 0 saturated carbocycles. The van der Waals surface area contributed by atoms with Crippen LogP contribution >= 0.6 is 0 Å². The lowest BCUT2D eigenvalue weighted by Crippen LogP contribution is -2.22. The number of fused-ring (bicyclic) bond motifs is 1. The second-order valence-electron chi connectivity index (χ2n) is 8.44. The van der Waals surface area contributed by atoms with E-state index in [1.54, 1.807) is 24.3 Å². The Morgan fingerprint density at radius 2 is 1.86 bits per heavy atom. The molecular weight excluding hydrogens is 456 g/mol. The minimum Gasteiger partial charge on any atom is -0.493 e. The molecule has 1 heterocycles. The smallest absolute Gasteiger partial charge is 0.349 e. The number of unbranched alkanes of at least 4 members (excludes halogenated alkanes) is 1. The van der Waals surface area contributed by atoms with E-state index in [1.165, 1.54) is 0 Å². The van der Waals surface area contributed by atoms with Gasteiger partial charge in [0.25, 0.3) is 0 Å². The van der Waals surface area contributed by atoms with E-state index < -0.39 is 11.9 Å².